The van der Waals surface area contributed by atoms with Crippen LogP contribution in [0.15, 0.2) is 24.3 Å². The first-order chi connectivity index (χ1) is 12.0. The van der Waals surface area contributed by atoms with Crippen molar-refractivity contribution in [1.82, 2.24) is 10.2 Å². The Hall–Kier alpha value is -1.59. The first-order valence-electron chi connectivity index (χ1n) is 9.50. The van der Waals surface area contributed by atoms with E-state index in [4.69, 9.17) is 0 Å². The average Bonchev–Trinajstić information content (AvgIpc) is 3.40. The second-order valence-corrected chi connectivity index (χ2v) is 7.73. The Morgan fingerprint density at radius 2 is 1.96 bits per heavy atom. The van der Waals surface area contributed by atoms with Crippen molar-refractivity contribution in [3.63, 3.8) is 0 Å². The Bertz CT molecular complexity index is 580. The van der Waals surface area contributed by atoms with Crippen LogP contribution in [-0.2, 0) is 11.3 Å². The Morgan fingerprint density at radius 1 is 1.24 bits per heavy atom. The molecule has 1 aromatic rings. The molecule has 0 unspecified atom stereocenters. The summed E-state index contributed by atoms with van der Waals surface area (Å²) in [6.07, 6.45) is 5.63. The van der Waals surface area contributed by atoms with Crippen molar-refractivity contribution in [2.75, 3.05) is 6.54 Å². The summed E-state index contributed by atoms with van der Waals surface area (Å²) < 4.78 is 0. The summed E-state index contributed by atoms with van der Waals surface area (Å²) in [7, 11) is 0. The number of phenolic OH excluding ortho intramolecular Hbond substituents is 1. The van der Waals surface area contributed by atoms with Crippen LogP contribution < -0.4 is 5.32 Å². The third-order valence-corrected chi connectivity index (χ3v) is 5.54. The van der Waals surface area contributed by atoms with Crippen LogP contribution in [0.3, 0.4) is 0 Å². The van der Waals surface area contributed by atoms with Gasteiger partial charge in [-0.1, -0.05) is 12.1 Å². The molecule has 1 amide bonds. The Morgan fingerprint density at radius 3 is 2.60 bits per heavy atom. The molecule has 0 aliphatic heterocycles. The minimum atomic E-state index is -0.206. The average molecular weight is 346 g/mol. The number of aromatic hydroxyl groups is 1. The summed E-state index contributed by atoms with van der Waals surface area (Å²) in [5.41, 5.74) is 1.01. The number of phenols is 1. The number of amides is 1. The SMILES string of the molecule is C[C@H](NC(=O)CN(Cc1cccc(O)c1)C1CCC(O)CC1)C1CC1. The molecule has 2 aliphatic rings. The van der Waals surface area contributed by atoms with Gasteiger partial charge in [-0.05, 0) is 69.1 Å². The highest BCUT2D eigenvalue weighted by atomic mass is 16.3. The van der Waals surface area contributed by atoms with Crippen LogP contribution in [0.25, 0.3) is 0 Å². The van der Waals surface area contributed by atoms with Crippen LogP contribution in [0.5, 0.6) is 5.75 Å². The maximum absolute atomic E-state index is 12.5. The molecule has 5 heteroatoms. The molecule has 1 aromatic carbocycles. The quantitative estimate of drug-likeness (QED) is 0.709. The van der Waals surface area contributed by atoms with Crippen LogP contribution in [0.1, 0.15) is 51.0 Å². The van der Waals surface area contributed by atoms with Gasteiger partial charge in [0.1, 0.15) is 5.75 Å². The zero-order valence-corrected chi connectivity index (χ0v) is 15.0. The van der Waals surface area contributed by atoms with Gasteiger partial charge in [0.25, 0.3) is 0 Å². The number of aliphatic hydroxyl groups is 1. The van der Waals surface area contributed by atoms with Gasteiger partial charge < -0.3 is 15.5 Å². The molecule has 3 N–H and O–H groups in total. The maximum Gasteiger partial charge on any atom is 0.234 e. The number of carbonyl (C=O) groups is 1. The van der Waals surface area contributed by atoms with E-state index in [1.54, 1.807) is 12.1 Å². The predicted molar refractivity (Wildman–Crippen MR) is 97.1 cm³/mol. The van der Waals surface area contributed by atoms with Gasteiger partial charge in [-0.3, -0.25) is 9.69 Å². The molecular formula is C20H30N2O3. The maximum atomic E-state index is 12.5. The smallest absolute Gasteiger partial charge is 0.234 e. The van der Waals surface area contributed by atoms with Crippen molar-refractivity contribution in [1.29, 1.82) is 0 Å². The summed E-state index contributed by atoms with van der Waals surface area (Å²) in [6.45, 7) is 3.10. The van der Waals surface area contributed by atoms with Gasteiger partial charge in [-0.25, -0.2) is 0 Å². The summed E-state index contributed by atoms with van der Waals surface area (Å²) >= 11 is 0. The monoisotopic (exact) mass is 346 g/mol. The summed E-state index contributed by atoms with van der Waals surface area (Å²) in [6, 6.07) is 7.79. The zero-order chi connectivity index (χ0) is 17.8. The van der Waals surface area contributed by atoms with Gasteiger partial charge in [0, 0.05) is 18.6 Å². The minimum Gasteiger partial charge on any atom is -0.508 e. The molecule has 2 saturated carbocycles. The minimum absolute atomic E-state index is 0.0747. The van der Waals surface area contributed by atoms with E-state index < -0.39 is 0 Å². The molecular weight excluding hydrogens is 316 g/mol. The predicted octanol–water partition coefficient (Wildman–Crippen LogP) is 2.41. The van der Waals surface area contributed by atoms with E-state index >= 15 is 0 Å². The lowest BCUT2D eigenvalue weighted by Gasteiger charge is -2.35. The van der Waals surface area contributed by atoms with E-state index in [1.165, 1.54) is 12.8 Å². The van der Waals surface area contributed by atoms with Gasteiger partial charge in [0.15, 0.2) is 0 Å². The standard InChI is InChI=1S/C20H30N2O3/c1-14(16-5-6-16)21-20(25)13-22(17-7-9-18(23)10-8-17)12-15-3-2-4-19(24)11-15/h2-4,11,14,16-18,23-24H,5-10,12-13H2,1H3,(H,21,25)/t14-,17?,18?/m0/s1. The number of nitrogens with zero attached hydrogens (tertiary/aromatic N) is 1. The highest BCUT2D eigenvalue weighted by Crippen LogP contribution is 2.32. The topological polar surface area (TPSA) is 72.8 Å². The molecule has 0 bridgehead atoms. The van der Waals surface area contributed by atoms with Gasteiger partial charge >= 0.3 is 0 Å². The summed E-state index contributed by atoms with van der Waals surface area (Å²) in [5.74, 6) is 0.974. The zero-order valence-electron chi connectivity index (χ0n) is 15.0. The third kappa shape index (κ3) is 5.44. The molecule has 0 heterocycles. The first-order valence-corrected chi connectivity index (χ1v) is 9.50. The van der Waals surface area contributed by atoms with Crippen LogP contribution in [0.2, 0.25) is 0 Å². The van der Waals surface area contributed by atoms with E-state index in [0.29, 0.717) is 25.0 Å². The van der Waals surface area contributed by atoms with Crippen LogP contribution in [0.4, 0.5) is 0 Å². The fraction of sp³-hybridized carbons (Fsp3) is 0.650. The molecule has 5 nitrogen and oxygen atoms in total. The van der Waals surface area contributed by atoms with E-state index in [9.17, 15) is 15.0 Å². The highest BCUT2D eigenvalue weighted by molar-refractivity contribution is 5.78. The fourth-order valence-corrected chi connectivity index (χ4v) is 3.82. The number of benzene rings is 1. The number of rotatable bonds is 7. The van der Waals surface area contributed by atoms with Crippen molar-refractivity contribution in [2.24, 2.45) is 5.92 Å². The molecule has 0 aromatic heterocycles. The van der Waals surface area contributed by atoms with Crippen molar-refractivity contribution in [3.05, 3.63) is 29.8 Å². The molecule has 2 aliphatic carbocycles. The lowest BCUT2D eigenvalue weighted by atomic mass is 9.91. The van der Waals surface area contributed by atoms with Gasteiger partial charge in [0.2, 0.25) is 5.91 Å². The molecule has 0 radical (unpaired) electrons. The number of aliphatic hydroxyl groups excluding tert-OH is 1. The Balaban J connectivity index is 1.63. The van der Waals surface area contributed by atoms with Crippen molar-refractivity contribution >= 4 is 5.91 Å². The van der Waals surface area contributed by atoms with Gasteiger partial charge in [0.05, 0.1) is 12.6 Å². The highest BCUT2D eigenvalue weighted by Gasteiger charge is 2.30. The lowest BCUT2D eigenvalue weighted by Crippen LogP contribution is -2.46. The molecule has 138 valence electrons. The third-order valence-electron chi connectivity index (χ3n) is 5.54. The van der Waals surface area contributed by atoms with Crippen molar-refractivity contribution in [3.8, 4) is 5.75 Å². The van der Waals surface area contributed by atoms with E-state index in [0.717, 1.165) is 31.2 Å². The Kier molecular flexibility index (Phi) is 5.97. The molecule has 2 fully saturated rings. The molecule has 0 saturated heterocycles. The van der Waals surface area contributed by atoms with Crippen LogP contribution in [0, 0.1) is 5.92 Å². The fourth-order valence-electron chi connectivity index (χ4n) is 3.82. The van der Waals surface area contributed by atoms with Crippen LogP contribution in [-0.4, -0.2) is 45.8 Å². The second-order valence-electron chi connectivity index (χ2n) is 7.73. The van der Waals surface area contributed by atoms with E-state index in [1.807, 2.05) is 12.1 Å². The number of hydrogen-bond acceptors (Lipinski definition) is 4. The van der Waals surface area contributed by atoms with Crippen LogP contribution >= 0.6 is 0 Å². The molecule has 0 spiro atoms. The first kappa shape index (κ1) is 18.2. The van der Waals surface area contributed by atoms with Gasteiger partial charge in [-0.15, -0.1) is 0 Å². The number of nitrogens with one attached hydrogen (secondary N) is 1. The van der Waals surface area contributed by atoms with Gasteiger partial charge in [-0.2, -0.15) is 0 Å². The lowest BCUT2D eigenvalue weighted by molar-refractivity contribution is -0.124. The largest absolute Gasteiger partial charge is 0.508 e. The summed E-state index contributed by atoms with van der Waals surface area (Å²) in [4.78, 5) is 14.7. The van der Waals surface area contributed by atoms with Crippen molar-refractivity contribution in [2.45, 2.75) is 70.2 Å². The number of hydrogen-bond donors (Lipinski definition) is 3. The summed E-state index contributed by atoms with van der Waals surface area (Å²) in [5, 5.41) is 22.6. The molecule has 25 heavy (non-hydrogen) atoms. The van der Waals surface area contributed by atoms with Crippen molar-refractivity contribution < 1.29 is 15.0 Å². The Labute approximate surface area is 150 Å². The van der Waals surface area contributed by atoms with E-state index in [2.05, 4.69) is 17.1 Å². The van der Waals surface area contributed by atoms with E-state index in [-0.39, 0.29) is 23.8 Å². The second kappa shape index (κ2) is 8.19. The number of carbonyl (C=O) groups excluding carboxylic acids is 1. The molecule has 1 atom stereocenters. The normalized spacial score (nSPS) is 24.9. The molecule has 3 rings (SSSR count).